The lowest BCUT2D eigenvalue weighted by molar-refractivity contribution is -0.123. The molecule has 2 aromatic carbocycles. The van der Waals surface area contributed by atoms with E-state index in [2.05, 4.69) is 54.1 Å². The number of halogens is 1. The van der Waals surface area contributed by atoms with Gasteiger partial charge in [-0.2, -0.15) is 5.10 Å². The molecule has 1 N–H and O–H groups in total. The van der Waals surface area contributed by atoms with Crippen LogP contribution >= 0.6 is 11.6 Å². The second kappa shape index (κ2) is 8.97. The number of hydrogen-bond acceptors (Lipinski definition) is 3. The number of amides is 1. The average molecular weight is 410 g/mol. The molecule has 0 aliphatic rings. The Labute approximate surface area is 176 Å². The number of aromatic nitrogens is 1. The molecule has 3 aromatic rings. The summed E-state index contributed by atoms with van der Waals surface area (Å²) in [4.78, 5) is 12.0. The highest BCUT2D eigenvalue weighted by Crippen LogP contribution is 2.24. The van der Waals surface area contributed by atoms with E-state index in [1.54, 1.807) is 30.5 Å². The lowest BCUT2D eigenvalue weighted by Gasteiger charge is -2.13. The standard InChI is InChI=1S/C23H24ClN3O2/c1-15-9-10-21(16(2)11-15)27-17(3)12-19(18(27)4)13-25-26-23(28)14-29-22-8-6-5-7-20(22)24/h5-13H,14H2,1-4H3,(H,26,28)/b25-13-. The van der Waals surface area contributed by atoms with Gasteiger partial charge in [0, 0.05) is 22.6 Å². The molecule has 6 heteroatoms. The van der Waals surface area contributed by atoms with Gasteiger partial charge >= 0.3 is 0 Å². The number of nitrogens with one attached hydrogen (secondary N) is 1. The van der Waals surface area contributed by atoms with Crippen molar-refractivity contribution in [1.29, 1.82) is 0 Å². The number of carbonyl (C=O) groups excluding carboxylic acids is 1. The van der Waals surface area contributed by atoms with E-state index in [9.17, 15) is 4.79 Å². The first-order chi connectivity index (χ1) is 13.9. The zero-order chi connectivity index (χ0) is 21.0. The molecule has 0 saturated carbocycles. The van der Waals surface area contributed by atoms with E-state index in [4.69, 9.17) is 16.3 Å². The Balaban J connectivity index is 1.67. The highest BCUT2D eigenvalue weighted by Gasteiger charge is 2.11. The lowest BCUT2D eigenvalue weighted by Crippen LogP contribution is -2.24. The van der Waals surface area contributed by atoms with Crippen molar-refractivity contribution in [2.75, 3.05) is 6.61 Å². The third-order valence-corrected chi connectivity index (χ3v) is 4.96. The number of carbonyl (C=O) groups is 1. The zero-order valence-electron chi connectivity index (χ0n) is 17.0. The van der Waals surface area contributed by atoms with E-state index < -0.39 is 0 Å². The Morgan fingerprint density at radius 2 is 1.90 bits per heavy atom. The second-order valence-corrected chi connectivity index (χ2v) is 7.37. The molecule has 150 valence electrons. The molecule has 0 radical (unpaired) electrons. The summed E-state index contributed by atoms with van der Waals surface area (Å²) < 4.78 is 7.60. The smallest absolute Gasteiger partial charge is 0.277 e. The van der Waals surface area contributed by atoms with Crippen molar-refractivity contribution in [3.8, 4) is 11.4 Å². The summed E-state index contributed by atoms with van der Waals surface area (Å²) in [6.45, 7) is 8.12. The summed E-state index contributed by atoms with van der Waals surface area (Å²) in [5.74, 6) is 0.106. The van der Waals surface area contributed by atoms with Gasteiger partial charge in [0.25, 0.3) is 5.91 Å². The van der Waals surface area contributed by atoms with Gasteiger partial charge < -0.3 is 9.30 Å². The maximum Gasteiger partial charge on any atom is 0.277 e. The van der Waals surface area contributed by atoms with Gasteiger partial charge in [-0.05, 0) is 57.5 Å². The molecular formula is C23H24ClN3O2. The number of aryl methyl sites for hydroxylation is 3. The van der Waals surface area contributed by atoms with Crippen LogP contribution in [-0.4, -0.2) is 23.3 Å². The van der Waals surface area contributed by atoms with Gasteiger partial charge in [-0.1, -0.05) is 41.4 Å². The van der Waals surface area contributed by atoms with Gasteiger partial charge in [0.2, 0.25) is 0 Å². The highest BCUT2D eigenvalue weighted by molar-refractivity contribution is 6.32. The number of para-hydroxylation sites is 1. The third kappa shape index (κ3) is 4.87. The van der Waals surface area contributed by atoms with Gasteiger partial charge in [0.1, 0.15) is 5.75 Å². The van der Waals surface area contributed by atoms with Crippen LogP contribution in [0.25, 0.3) is 5.69 Å². The number of hydrogen-bond donors (Lipinski definition) is 1. The minimum Gasteiger partial charge on any atom is -0.482 e. The molecule has 0 saturated heterocycles. The monoisotopic (exact) mass is 409 g/mol. The van der Waals surface area contributed by atoms with Crippen molar-refractivity contribution in [2.45, 2.75) is 27.7 Å². The Kier molecular flexibility index (Phi) is 6.39. The van der Waals surface area contributed by atoms with Gasteiger partial charge in [-0.3, -0.25) is 4.79 Å². The minimum absolute atomic E-state index is 0.164. The van der Waals surface area contributed by atoms with Crippen LogP contribution in [0.15, 0.2) is 53.6 Å². The van der Waals surface area contributed by atoms with Crippen molar-refractivity contribution in [2.24, 2.45) is 5.10 Å². The molecule has 1 amide bonds. The summed E-state index contributed by atoms with van der Waals surface area (Å²) in [6.07, 6.45) is 1.65. The zero-order valence-corrected chi connectivity index (χ0v) is 17.7. The molecule has 5 nitrogen and oxygen atoms in total. The summed E-state index contributed by atoms with van der Waals surface area (Å²) in [6, 6.07) is 15.5. The number of rotatable bonds is 6. The molecule has 1 aromatic heterocycles. The van der Waals surface area contributed by atoms with Crippen LogP contribution in [0.5, 0.6) is 5.75 Å². The lowest BCUT2D eigenvalue weighted by atomic mass is 10.1. The Bertz CT molecular complexity index is 1070. The molecule has 0 aliphatic carbocycles. The van der Waals surface area contributed by atoms with E-state index in [1.165, 1.54) is 11.1 Å². The van der Waals surface area contributed by atoms with Crippen LogP contribution in [0.3, 0.4) is 0 Å². The average Bonchev–Trinajstić information content (AvgIpc) is 2.95. The van der Waals surface area contributed by atoms with Gasteiger partial charge in [-0.25, -0.2) is 5.43 Å². The number of nitrogens with zero attached hydrogens (tertiary/aromatic N) is 2. The molecule has 29 heavy (non-hydrogen) atoms. The van der Waals surface area contributed by atoms with E-state index in [0.717, 1.165) is 22.6 Å². The molecule has 0 fully saturated rings. The molecule has 0 atom stereocenters. The predicted octanol–water partition coefficient (Wildman–Crippen LogP) is 4.89. The van der Waals surface area contributed by atoms with Crippen LogP contribution in [0.4, 0.5) is 0 Å². The fourth-order valence-corrected chi connectivity index (χ4v) is 3.45. The van der Waals surface area contributed by atoms with Crippen LogP contribution < -0.4 is 10.2 Å². The number of ether oxygens (including phenoxy) is 1. The van der Waals surface area contributed by atoms with E-state index in [-0.39, 0.29) is 12.5 Å². The number of hydrazone groups is 1. The predicted molar refractivity (Wildman–Crippen MR) is 117 cm³/mol. The van der Waals surface area contributed by atoms with Crippen molar-refractivity contribution in [3.05, 3.63) is 81.6 Å². The Hall–Kier alpha value is -3.05. The maximum absolute atomic E-state index is 12.0. The van der Waals surface area contributed by atoms with Crippen molar-refractivity contribution >= 4 is 23.7 Å². The topological polar surface area (TPSA) is 55.6 Å². The van der Waals surface area contributed by atoms with Gasteiger partial charge in [0.05, 0.1) is 11.2 Å². The van der Waals surface area contributed by atoms with E-state index >= 15 is 0 Å². The molecule has 1 heterocycles. The van der Waals surface area contributed by atoms with Crippen molar-refractivity contribution in [1.82, 2.24) is 9.99 Å². The molecule has 3 rings (SSSR count). The van der Waals surface area contributed by atoms with Crippen LogP contribution in [0.1, 0.15) is 28.1 Å². The highest BCUT2D eigenvalue weighted by atomic mass is 35.5. The normalized spacial score (nSPS) is 11.1. The first-order valence-electron chi connectivity index (χ1n) is 9.32. The first kappa shape index (κ1) is 20.7. The molecule has 0 unspecified atom stereocenters. The Morgan fingerprint density at radius 1 is 1.14 bits per heavy atom. The van der Waals surface area contributed by atoms with Crippen LogP contribution in [0, 0.1) is 27.7 Å². The minimum atomic E-state index is -0.357. The summed E-state index contributed by atoms with van der Waals surface area (Å²) >= 11 is 6.01. The summed E-state index contributed by atoms with van der Waals surface area (Å²) in [7, 11) is 0. The van der Waals surface area contributed by atoms with E-state index in [1.807, 2.05) is 13.0 Å². The SMILES string of the molecule is Cc1ccc(-n2c(C)cc(/C=N\NC(=O)COc3ccccc3Cl)c2C)c(C)c1. The molecule has 0 aliphatic heterocycles. The first-order valence-corrected chi connectivity index (χ1v) is 9.70. The number of benzene rings is 2. The van der Waals surface area contributed by atoms with Gasteiger partial charge in [-0.15, -0.1) is 0 Å². The van der Waals surface area contributed by atoms with Crippen LogP contribution in [-0.2, 0) is 4.79 Å². The fourth-order valence-electron chi connectivity index (χ4n) is 3.26. The summed E-state index contributed by atoms with van der Waals surface area (Å²) in [5.41, 5.74) is 9.17. The second-order valence-electron chi connectivity index (χ2n) is 6.96. The maximum atomic E-state index is 12.0. The summed E-state index contributed by atoms with van der Waals surface area (Å²) in [5, 5.41) is 4.53. The third-order valence-electron chi connectivity index (χ3n) is 4.65. The van der Waals surface area contributed by atoms with E-state index in [0.29, 0.717) is 10.8 Å². The fraction of sp³-hybridized carbons (Fsp3) is 0.217. The Morgan fingerprint density at radius 3 is 2.62 bits per heavy atom. The van der Waals surface area contributed by atoms with Gasteiger partial charge in [0.15, 0.2) is 6.61 Å². The van der Waals surface area contributed by atoms with Crippen molar-refractivity contribution < 1.29 is 9.53 Å². The van der Waals surface area contributed by atoms with Crippen molar-refractivity contribution in [3.63, 3.8) is 0 Å². The largest absolute Gasteiger partial charge is 0.482 e. The molecule has 0 spiro atoms. The quantitative estimate of drug-likeness (QED) is 0.465. The van der Waals surface area contributed by atoms with Crippen LogP contribution in [0.2, 0.25) is 5.02 Å². The molecular weight excluding hydrogens is 386 g/mol. The molecule has 0 bridgehead atoms.